The van der Waals surface area contributed by atoms with E-state index in [0.717, 1.165) is 17.7 Å². The normalized spacial score (nSPS) is 12.8. The van der Waals surface area contributed by atoms with Crippen LogP contribution in [0.4, 0.5) is 0 Å². The van der Waals surface area contributed by atoms with E-state index in [1.807, 2.05) is 8.93 Å². The average Bonchev–Trinajstić information content (AvgIpc) is 3.04. The van der Waals surface area contributed by atoms with Crippen LogP contribution in [-0.2, 0) is 41.4 Å². The summed E-state index contributed by atoms with van der Waals surface area (Å²) in [5, 5.41) is 52.6. The zero-order chi connectivity index (χ0) is 38.0. The van der Waals surface area contributed by atoms with E-state index in [9.17, 15) is 24.0 Å². The SMILES string of the molecule is NC(CC1=CC(=O)C(=O)C=C1)C(=O)O.NC(Cc1ccc(O)c(O)c1)C(=O)O.NC(Cc1ccc(O)cc1)C(=O)O.O=O.O=O.O=PP. The molecular formula is C27H33N3O16P2. The molecule has 19 nitrogen and oxygen atoms in total. The van der Waals surface area contributed by atoms with Crippen LogP contribution in [0.15, 0.2) is 66.3 Å². The monoisotopic (exact) mass is 717 g/mol. The summed E-state index contributed by atoms with van der Waals surface area (Å²) in [4.78, 5) is 80.8. The summed E-state index contributed by atoms with van der Waals surface area (Å²) in [5.74, 6) is -4.85. The molecule has 0 radical (unpaired) electrons. The van der Waals surface area contributed by atoms with E-state index < -0.39 is 47.6 Å². The van der Waals surface area contributed by atoms with Gasteiger partial charge in [0.25, 0.3) is 0 Å². The molecule has 3 rings (SSSR count). The highest BCUT2D eigenvalue weighted by molar-refractivity contribution is 7.96. The van der Waals surface area contributed by atoms with E-state index in [2.05, 4.69) is 0 Å². The van der Waals surface area contributed by atoms with Gasteiger partial charge < -0.3 is 47.8 Å². The smallest absolute Gasteiger partial charge is 0.320 e. The minimum atomic E-state index is -1.14. The minimum Gasteiger partial charge on any atom is -0.508 e. The lowest BCUT2D eigenvalue weighted by atomic mass is 9.99. The van der Waals surface area contributed by atoms with Crippen molar-refractivity contribution in [1.29, 1.82) is 0 Å². The van der Waals surface area contributed by atoms with Crippen LogP contribution < -0.4 is 17.2 Å². The molecule has 262 valence electrons. The van der Waals surface area contributed by atoms with Gasteiger partial charge in [-0.15, -0.1) is 0 Å². The zero-order valence-corrected chi connectivity index (χ0v) is 26.7. The first-order chi connectivity index (χ1) is 22.5. The Morgan fingerprint density at radius 1 is 0.646 bits per heavy atom. The Labute approximate surface area is 274 Å². The van der Waals surface area contributed by atoms with E-state index in [1.165, 1.54) is 36.4 Å². The second-order valence-corrected chi connectivity index (χ2v) is 9.67. The number of allylic oxidation sites excluding steroid dienone is 3. The lowest BCUT2D eigenvalue weighted by Crippen LogP contribution is -2.32. The van der Waals surface area contributed by atoms with Gasteiger partial charge >= 0.3 is 17.9 Å². The molecule has 4 atom stereocenters. The first kappa shape index (κ1) is 47.1. The number of carboxylic acids is 3. The molecule has 1 aliphatic carbocycles. The first-order valence-electron chi connectivity index (χ1n) is 12.6. The fourth-order valence-corrected chi connectivity index (χ4v) is 3.03. The first-order valence-corrected chi connectivity index (χ1v) is 15.0. The van der Waals surface area contributed by atoms with Gasteiger partial charge in [0, 0.05) is 19.9 Å². The molecule has 0 saturated carbocycles. The van der Waals surface area contributed by atoms with Crippen LogP contribution in [0, 0.1) is 19.9 Å². The van der Waals surface area contributed by atoms with Gasteiger partial charge in [-0.05, 0) is 81.3 Å². The molecule has 12 N–H and O–H groups in total. The van der Waals surface area contributed by atoms with E-state index in [0.29, 0.717) is 11.1 Å². The standard InChI is InChI=1S/C9H11NO4.C9H9NO4.C9H11NO3.2O2.H2OP2/c2*10-6(9(13)14)3-5-1-2-7(11)8(12)4-5;10-8(9(12)13)5-6-1-3-7(11)4-2-6;2*1-2;1-3-2/h1-2,4,6,11-12H,3,10H2,(H,13,14);1-2,4,6H,3,10H2,(H,13,14);1-4,8,11H,5,10H2,(H,12,13);;;2H2. The molecule has 0 aromatic heterocycles. The van der Waals surface area contributed by atoms with Crippen LogP contribution in [0.25, 0.3) is 0 Å². The highest BCUT2D eigenvalue weighted by Crippen LogP contribution is 2.25. The second-order valence-electron chi connectivity index (χ2n) is 8.82. The molecule has 0 saturated heterocycles. The summed E-state index contributed by atoms with van der Waals surface area (Å²) < 4.78 is 8.87. The summed E-state index contributed by atoms with van der Waals surface area (Å²) >= 11 is 0. The molecule has 0 spiro atoms. The van der Waals surface area contributed by atoms with Gasteiger partial charge in [0.1, 0.15) is 23.9 Å². The molecule has 21 heteroatoms. The molecule has 1 aliphatic rings. The number of carbonyl (C=O) groups excluding carboxylic acids is 2. The quantitative estimate of drug-likeness (QED) is 0.0756. The van der Waals surface area contributed by atoms with Gasteiger partial charge in [0.05, 0.1) is 0 Å². The Bertz CT molecular complexity index is 1420. The fraction of sp³-hybridized carbons (Fsp3) is 0.222. The number of benzene rings is 2. The van der Waals surface area contributed by atoms with Crippen LogP contribution >= 0.6 is 17.1 Å². The zero-order valence-electron chi connectivity index (χ0n) is 24.6. The highest BCUT2D eigenvalue weighted by atomic mass is 32.0. The van der Waals surface area contributed by atoms with Crippen LogP contribution in [-0.4, -0.2) is 78.2 Å². The number of phenols is 3. The number of phenolic OH excluding ortho intramolecular Hbond substituents is 3. The van der Waals surface area contributed by atoms with Crippen molar-refractivity contribution in [3.8, 4) is 17.2 Å². The topological polar surface area (TPSA) is 370 Å². The van der Waals surface area contributed by atoms with Crippen molar-refractivity contribution in [2.45, 2.75) is 37.4 Å². The Morgan fingerprint density at radius 3 is 1.44 bits per heavy atom. The summed E-state index contributed by atoms with van der Waals surface area (Å²) in [5.41, 5.74) is 17.7. The van der Waals surface area contributed by atoms with Crippen molar-refractivity contribution in [3.63, 3.8) is 0 Å². The molecule has 2 aromatic carbocycles. The predicted molar refractivity (Wildman–Crippen MR) is 175 cm³/mol. The maximum atomic E-state index is 10.9. The number of nitrogens with two attached hydrogens (primary N) is 3. The Hall–Kier alpha value is -5.32. The minimum absolute atomic E-state index is 0.0465. The van der Waals surface area contributed by atoms with Crippen molar-refractivity contribution in [2.75, 3.05) is 0 Å². The second kappa shape index (κ2) is 26.9. The van der Waals surface area contributed by atoms with Crippen molar-refractivity contribution >= 4 is 46.6 Å². The van der Waals surface area contributed by atoms with Gasteiger partial charge in [0.2, 0.25) is 11.6 Å². The molecule has 0 aliphatic heterocycles. The van der Waals surface area contributed by atoms with Gasteiger partial charge in [-0.2, -0.15) is 0 Å². The number of rotatable bonds is 9. The summed E-state index contributed by atoms with van der Waals surface area (Å²) in [7, 11) is 2.08. The highest BCUT2D eigenvalue weighted by Gasteiger charge is 2.18. The number of hydrogen-bond donors (Lipinski definition) is 9. The molecule has 0 fully saturated rings. The number of hydrogen-bond acceptors (Lipinski definition) is 16. The number of carboxylic acid groups (broad SMARTS) is 3. The molecule has 0 amide bonds. The van der Waals surface area contributed by atoms with Crippen LogP contribution in [0.3, 0.4) is 0 Å². The van der Waals surface area contributed by atoms with Crippen LogP contribution in [0.2, 0.25) is 0 Å². The van der Waals surface area contributed by atoms with Crippen molar-refractivity contribution in [2.24, 2.45) is 17.2 Å². The Kier molecular flexibility index (Phi) is 26.3. The number of carbonyl (C=O) groups is 5. The van der Waals surface area contributed by atoms with Crippen LogP contribution in [0.5, 0.6) is 17.2 Å². The van der Waals surface area contributed by atoms with E-state index in [-0.39, 0.29) is 44.7 Å². The maximum absolute atomic E-state index is 10.9. The van der Waals surface area contributed by atoms with E-state index in [1.54, 1.807) is 12.1 Å². The molecule has 4 unspecified atom stereocenters. The third kappa shape index (κ3) is 21.4. The fourth-order valence-electron chi connectivity index (χ4n) is 3.03. The largest absolute Gasteiger partial charge is 0.508 e. The predicted octanol–water partition coefficient (Wildman–Crippen LogP) is 1.02. The molecule has 0 bridgehead atoms. The van der Waals surface area contributed by atoms with Crippen molar-refractivity contribution < 1.29 is 59.2 Å². The lowest BCUT2D eigenvalue weighted by Gasteiger charge is -2.08. The maximum Gasteiger partial charge on any atom is 0.320 e. The van der Waals surface area contributed by atoms with Gasteiger partial charge in [-0.25, -0.2) is 0 Å². The molecule has 0 heterocycles. The van der Waals surface area contributed by atoms with Crippen LogP contribution in [0.1, 0.15) is 17.5 Å². The number of aromatic hydroxyl groups is 3. The van der Waals surface area contributed by atoms with Crippen molar-refractivity contribution in [3.05, 3.63) is 97.3 Å². The molecule has 48 heavy (non-hydrogen) atoms. The van der Waals surface area contributed by atoms with Gasteiger partial charge in [0.15, 0.2) is 19.6 Å². The third-order valence-electron chi connectivity index (χ3n) is 5.30. The Morgan fingerprint density at radius 2 is 1.04 bits per heavy atom. The average molecular weight is 718 g/mol. The Balaban J connectivity index is -0.000000577. The van der Waals surface area contributed by atoms with Gasteiger partial charge in [-0.1, -0.05) is 24.3 Å². The molecular weight excluding hydrogens is 684 g/mol. The number of aliphatic carboxylic acids is 3. The van der Waals surface area contributed by atoms with Crippen molar-refractivity contribution in [1.82, 2.24) is 0 Å². The van der Waals surface area contributed by atoms with Gasteiger partial charge in [-0.3, -0.25) is 28.5 Å². The summed E-state index contributed by atoms with van der Waals surface area (Å²) in [6, 6.07) is 7.47. The summed E-state index contributed by atoms with van der Waals surface area (Å²) in [6.45, 7) is 0. The van der Waals surface area contributed by atoms with E-state index in [4.69, 9.17) is 72.3 Å². The molecule has 2 aromatic rings. The summed E-state index contributed by atoms with van der Waals surface area (Å²) in [6.07, 6.45) is 4.08. The number of ketones is 2. The third-order valence-corrected chi connectivity index (χ3v) is 5.30. The van der Waals surface area contributed by atoms with E-state index >= 15 is 0 Å². The lowest BCUT2D eigenvalue weighted by molar-refractivity contribution is -0.139.